The Kier molecular flexibility index (Phi) is 3.81. The Morgan fingerprint density at radius 1 is 0.727 bits per heavy atom. The Morgan fingerprint density at radius 3 is 1.91 bits per heavy atom. The molecule has 0 saturated carbocycles. The second-order valence-corrected chi connectivity index (χ2v) is 4.40. The number of hydrogen-bond donors (Lipinski definition) is 4. The first-order chi connectivity index (χ1) is 10.3. The predicted octanol–water partition coefficient (Wildman–Crippen LogP) is 1.73. The largest absolute Gasteiger partial charge is 0.508 e. The first kappa shape index (κ1) is 15.0. The molecule has 0 aromatic heterocycles. The molecule has 2 aromatic rings. The molecule has 7 heteroatoms. The van der Waals surface area contributed by atoms with Crippen LogP contribution in [0, 0.1) is 0 Å². The molecule has 0 spiro atoms. The van der Waals surface area contributed by atoms with Crippen LogP contribution < -0.4 is 0 Å². The fourth-order valence-corrected chi connectivity index (χ4v) is 1.91. The van der Waals surface area contributed by atoms with Crippen LogP contribution >= 0.6 is 0 Å². The van der Waals surface area contributed by atoms with E-state index in [2.05, 4.69) is 0 Å². The van der Waals surface area contributed by atoms with Crippen LogP contribution in [0.25, 0.3) is 0 Å². The van der Waals surface area contributed by atoms with Gasteiger partial charge in [0.1, 0.15) is 11.5 Å². The third-order valence-electron chi connectivity index (χ3n) is 2.97. The summed E-state index contributed by atoms with van der Waals surface area (Å²) in [6, 6.07) is 6.29. The van der Waals surface area contributed by atoms with E-state index in [4.69, 9.17) is 10.2 Å². The molecule has 0 aliphatic rings. The van der Waals surface area contributed by atoms with E-state index in [1.54, 1.807) is 0 Å². The molecule has 2 aromatic carbocycles. The highest BCUT2D eigenvalue weighted by Crippen LogP contribution is 2.26. The molecular formula is C15H10O7. The van der Waals surface area contributed by atoms with Gasteiger partial charge in [-0.05, 0) is 30.3 Å². The molecule has 2 rings (SSSR count). The van der Waals surface area contributed by atoms with Gasteiger partial charge in [0, 0.05) is 11.6 Å². The van der Waals surface area contributed by atoms with Crippen LogP contribution in [0.4, 0.5) is 0 Å². The number of carbonyl (C=O) groups excluding carboxylic acids is 1. The Hall–Kier alpha value is -3.35. The van der Waals surface area contributed by atoms with Crippen molar-refractivity contribution in [3.05, 3.63) is 58.7 Å². The topological polar surface area (TPSA) is 132 Å². The van der Waals surface area contributed by atoms with Crippen molar-refractivity contribution in [2.45, 2.75) is 0 Å². The van der Waals surface area contributed by atoms with Crippen molar-refractivity contribution < 1.29 is 34.8 Å². The minimum Gasteiger partial charge on any atom is -0.508 e. The van der Waals surface area contributed by atoms with Gasteiger partial charge in [0.25, 0.3) is 0 Å². The molecule has 7 nitrogen and oxygen atoms in total. The standard InChI is InChI=1S/C15H10O7/c16-8-2-4-10(12(17)6-8)13(18)9-3-1-7(14(19)20)5-11(9)15(21)22/h1-6,16-17H,(H,19,20)(H,21,22). The van der Waals surface area contributed by atoms with Crippen LogP contribution in [0.5, 0.6) is 11.5 Å². The van der Waals surface area contributed by atoms with Gasteiger partial charge in [-0.15, -0.1) is 0 Å². The minimum absolute atomic E-state index is 0.205. The maximum Gasteiger partial charge on any atom is 0.336 e. The number of benzene rings is 2. The highest BCUT2D eigenvalue weighted by atomic mass is 16.4. The summed E-state index contributed by atoms with van der Waals surface area (Å²) in [5.74, 6) is -4.36. The summed E-state index contributed by atoms with van der Waals surface area (Å²) in [7, 11) is 0. The zero-order valence-electron chi connectivity index (χ0n) is 11.0. The minimum atomic E-state index is -1.47. The monoisotopic (exact) mass is 302 g/mol. The van der Waals surface area contributed by atoms with Gasteiger partial charge in [0.05, 0.1) is 16.7 Å². The van der Waals surface area contributed by atoms with Crippen molar-refractivity contribution in [1.82, 2.24) is 0 Å². The van der Waals surface area contributed by atoms with E-state index in [1.165, 1.54) is 6.07 Å². The second kappa shape index (κ2) is 5.57. The molecule has 0 bridgehead atoms. The SMILES string of the molecule is O=C(O)c1ccc(C(=O)c2ccc(O)cc2O)c(C(=O)O)c1. The van der Waals surface area contributed by atoms with Crippen molar-refractivity contribution in [1.29, 1.82) is 0 Å². The fourth-order valence-electron chi connectivity index (χ4n) is 1.91. The third kappa shape index (κ3) is 2.73. The highest BCUT2D eigenvalue weighted by molar-refractivity contribution is 6.16. The maximum atomic E-state index is 12.3. The summed E-state index contributed by atoms with van der Waals surface area (Å²) in [5.41, 5.74) is -1.23. The van der Waals surface area contributed by atoms with Gasteiger partial charge in [-0.1, -0.05) is 0 Å². The summed E-state index contributed by atoms with van der Waals surface area (Å²) in [6.45, 7) is 0. The van der Waals surface area contributed by atoms with Crippen LogP contribution in [0.2, 0.25) is 0 Å². The van der Waals surface area contributed by atoms with Crippen molar-refractivity contribution in [3.63, 3.8) is 0 Å². The number of carboxylic acids is 2. The molecule has 0 heterocycles. The first-order valence-corrected chi connectivity index (χ1v) is 5.98. The lowest BCUT2D eigenvalue weighted by atomic mass is 9.96. The number of carbonyl (C=O) groups is 3. The summed E-state index contributed by atoms with van der Waals surface area (Å²) < 4.78 is 0. The van der Waals surface area contributed by atoms with E-state index in [9.17, 15) is 24.6 Å². The smallest absolute Gasteiger partial charge is 0.336 e. The van der Waals surface area contributed by atoms with Crippen molar-refractivity contribution in [3.8, 4) is 11.5 Å². The molecule has 0 radical (unpaired) electrons. The summed E-state index contributed by atoms with van der Waals surface area (Å²) in [6.07, 6.45) is 0. The average Bonchev–Trinajstić information content (AvgIpc) is 2.45. The molecule has 22 heavy (non-hydrogen) atoms. The van der Waals surface area contributed by atoms with E-state index < -0.39 is 29.0 Å². The van der Waals surface area contributed by atoms with Gasteiger partial charge in [0.2, 0.25) is 0 Å². The Labute approximate surface area is 123 Å². The van der Waals surface area contributed by atoms with Crippen LogP contribution in [0.1, 0.15) is 36.6 Å². The second-order valence-electron chi connectivity index (χ2n) is 4.40. The number of hydrogen-bond acceptors (Lipinski definition) is 5. The molecule has 0 saturated heterocycles. The van der Waals surface area contributed by atoms with Crippen LogP contribution in [0.3, 0.4) is 0 Å². The van der Waals surface area contributed by atoms with Crippen LogP contribution in [0.15, 0.2) is 36.4 Å². The van der Waals surface area contributed by atoms with E-state index in [0.29, 0.717) is 0 Å². The number of aromatic hydroxyl groups is 2. The summed E-state index contributed by atoms with van der Waals surface area (Å²) in [4.78, 5) is 34.4. The fraction of sp³-hybridized carbons (Fsp3) is 0. The van der Waals surface area contributed by atoms with Gasteiger partial charge in [0.15, 0.2) is 5.78 Å². The molecular weight excluding hydrogens is 292 g/mol. The Bertz CT molecular complexity index is 792. The van der Waals surface area contributed by atoms with Gasteiger partial charge in [-0.25, -0.2) is 9.59 Å². The average molecular weight is 302 g/mol. The number of phenolic OH excluding ortho intramolecular Hbond substituents is 2. The van der Waals surface area contributed by atoms with Gasteiger partial charge in [-0.2, -0.15) is 0 Å². The number of phenols is 2. The first-order valence-electron chi connectivity index (χ1n) is 5.98. The third-order valence-corrected chi connectivity index (χ3v) is 2.97. The maximum absolute atomic E-state index is 12.3. The number of ketones is 1. The molecule has 0 aliphatic carbocycles. The van der Waals surface area contributed by atoms with Gasteiger partial charge in [-0.3, -0.25) is 4.79 Å². The molecule has 0 amide bonds. The van der Waals surface area contributed by atoms with E-state index in [-0.39, 0.29) is 22.4 Å². The number of aromatic carboxylic acids is 2. The zero-order valence-corrected chi connectivity index (χ0v) is 11.0. The Balaban J connectivity index is 2.58. The lowest BCUT2D eigenvalue weighted by Crippen LogP contribution is -2.11. The molecule has 0 unspecified atom stereocenters. The van der Waals surface area contributed by atoms with E-state index >= 15 is 0 Å². The molecule has 0 fully saturated rings. The molecule has 0 aliphatic heterocycles. The predicted molar refractivity (Wildman–Crippen MR) is 73.6 cm³/mol. The molecule has 0 atom stereocenters. The van der Waals surface area contributed by atoms with E-state index in [0.717, 1.165) is 30.3 Å². The number of carboxylic acid groups (broad SMARTS) is 2. The molecule has 4 N–H and O–H groups in total. The quantitative estimate of drug-likeness (QED) is 0.632. The van der Waals surface area contributed by atoms with Crippen LogP contribution in [-0.2, 0) is 0 Å². The Morgan fingerprint density at radius 2 is 1.36 bits per heavy atom. The lowest BCUT2D eigenvalue weighted by molar-refractivity contribution is 0.0692. The number of rotatable bonds is 4. The van der Waals surface area contributed by atoms with Crippen molar-refractivity contribution in [2.24, 2.45) is 0 Å². The normalized spacial score (nSPS) is 10.2. The molecule has 112 valence electrons. The van der Waals surface area contributed by atoms with Gasteiger partial charge < -0.3 is 20.4 Å². The van der Waals surface area contributed by atoms with E-state index in [1.807, 2.05) is 0 Å². The van der Waals surface area contributed by atoms with Crippen molar-refractivity contribution in [2.75, 3.05) is 0 Å². The summed E-state index contributed by atoms with van der Waals surface area (Å²) in [5, 5.41) is 36.9. The highest BCUT2D eigenvalue weighted by Gasteiger charge is 2.22. The van der Waals surface area contributed by atoms with Crippen molar-refractivity contribution >= 4 is 17.7 Å². The zero-order chi connectivity index (χ0) is 16.4. The van der Waals surface area contributed by atoms with Crippen LogP contribution in [-0.4, -0.2) is 38.1 Å². The summed E-state index contributed by atoms with van der Waals surface area (Å²) >= 11 is 0. The van der Waals surface area contributed by atoms with Gasteiger partial charge >= 0.3 is 11.9 Å². The lowest BCUT2D eigenvalue weighted by Gasteiger charge is -2.08.